The van der Waals surface area contributed by atoms with Gasteiger partial charge in [0.15, 0.2) is 5.13 Å². The number of carbonyl (C=O) groups is 1. The number of nitrogens with zero attached hydrogens (tertiary/aromatic N) is 3. The van der Waals surface area contributed by atoms with E-state index in [1.807, 2.05) is 54.6 Å². The van der Waals surface area contributed by atoms with Crippen LogP contribution in [0.15, 0.2) is 78.4 Å². The SMILES string of the molecule is O=C(NCc1ccc(OCc2ccccc2)cc1)c1csc(Nc2ncccn2)n1. The second kappa shape index (κ2) is 9.62. The zero-order valence-corrected chi connectivity index (χ0v) is 16.8. The number of amides is 1. The van der Waals surface area contributed by atoms with E-state index < -0.39 is 0 Å². The van der Waals surface area contributed by atoms with Crippen LogP contribution >= 0.6 is 11.3 Å². The van der Waals surface area contributed by atoms with Crippen LogP contribution < -0.4 is 15.4 Å². The number of benzene rings is 2. The van der Waals surface area contributed by atoms with Gasteiger partial charge in [0.25, 0.3) is 5.91 Å². The van der Waals surface area contributed by atoms with Crippen LogP contribution in [0.1, 0.15) is 21.6 Å². The number of thiazole rings is 1. The lowest BCUT2D eigenvalue weighted by Gasteiger charge is -2.08. The molecule has 2 aromatic heterocycles. The number of hydrogen-bond donors (Lipinski definition) is 2. The Labute approximate surface area is 177 Å². The van der Waals surface area contributed by atoms with Crippen LogP contribution in [0, 0.1) is 0 Å². The van der Waals surface area contributed by atoms with Gasteiger partial charge in [-0.05, 0) is 29.3 Å². The van der Waals surface area contributed by atoms with E-state index in [-0.39, 0.29) is 5.91 Å². The Morgan fingerprint density at radius 2 is 1.70 bits per heavy atom. The minimum Gasteiger partial charge on any atom is -0.489 e. The van der Waals surface area contributed by atoms with Crippen LogP contribution in [0.5, 0.6) is 5.75 Å². The van der Waals surface area contributed by atoms with Gasteiger partial charge < -0.3 is 15.4 Å². The summed E-state index contributed by atoms with van der Waals surface area (Å²) in [6, 6.07) is 19.4. The van der Waals surface area contributed by atoms with E-state index in [0.29, 0.717) is 29.9 Å². The van der Waals surface area contributed by atoms with Crippen LogP contribution in [0.25, 0.3) is 0 Å². The van der Waals surface area contributed by atoms with Crippen LogP contribution in [0.3, 0.4) is 0 Å². The maximum absolute atomic E-state index is 12.4. The molecule has 7 nitrogen and oxygen atoms in total. The fourth-order valence-electron chi connectivity index (χ4n) is 2.61. The van der Waals surface area contributed by atoms with Crippen molar-refractivity contribution in [2.24, 2.45) is 0 Å². The van der Waals surface area contributed by atoms with Crippen LogP contribution in [-0.4, -0.2) is 20.9 Å². The summed E-state index contributed by atoms with van der Waals surface area (Å²) < 4.78 is 5.78. The molecular formula is C22H19N5O2S. The fourth-order valence-corrected chi connectivity index (χ4v) is 3.30. The van der Waals surface area contributed by atoms with Crippen molar-refractivity contribution in [1.29, 1.82) is 0 Å². The Kier molecular flexibility index (Phi) is 6.26. The molecule has 0 aliphatic heterocycles. The van der Waals surface area contributed by atoms with E-state index >= 15 is 0 Å². The number of hydrogen-bond acceptors (Lipinski definition) is 7. The number of aromatic nitrogens is 3. The van der Waals surface area contributed by atoms with Gasteiger partial charge in [-0.3, -0.25) is 4.79 Å². The molecule has 8 heteroatoms. The Bertz CT molecular complexity index is 1090. The van der Waals surface area contributed by atoms with Crippen molar-refractivity contribution in [3.05, 3.63) is 95.3 Å². The van der Waals surface area contributed by atoms with Gasteiger partial charge in [-0.2, -0.15) is 0 Å². The molecule has 4 aromatic rings. The van der Waals surface area contributed by atoms with E-state index in [1.165, 1.54) is 11.3 Å². The van der Waals surface area contributed by atoms with Gasteiger partial charge in [-0.15, -0.1) is 11.3 Å². The van der Waals surface area contributed by atoms with Crippen molar-refractivity contribution in [1.82, 2.24) is 20.3 Å². The molecule has 4 rings (SSSR count). The third-order valence-electron chi connectivity index (χ3n) is 4.15. The monoisotopic (exact) mass is 417 g/mol. The fraction of sp³-hybridized carbons (Fsp3) is 0.0909. The highest BCUT2D eigenvalue weighted by atomic mass is 32.1. The predicted octanol–water partition coefficient (Wildman–Crippen LogP) is 4.19. The van der Waals surface area contributed by atoms with Crippen LogP contribution in [-0.2, 0) is 13.2 Å². The molecule has 0 radical (unpaired) electrons. The third kappa shape index (κ3) is 5.39. The Morgan fingerprint density at radius 3 is 2.47 bits per heavy atom. The molecule has 0 unspecified atom stereocenters. The molecule has 0 saturated carbocycles. The number of nitrogens with one attached hydrogen (secondary N) is 2. The summed E-state index contributed by atoms with van der Waals surface area (Å²) in [4.78, 5) is 24.8. The molecule has 0 saturated heterocycles. The first-order valence-electron chi connectivity index (χ1n) is 9.30. The molecule has 0 atom stereocenters. The summed E-state index contributed by atoms with van der Waals surface area (Å²) in [6.07, 6.45) is 3.27. The van der Waals surface area contributed by atoms with Gasteiger partial charge in [0.1, 0.15) is 18.1 Å². The first-order chi connectivity index (χ1) is 14.8. The summed E-state index contributed by atoms with van der Waals surface area (Å²) >= 11 is 1.32. The maximum atomic E-state index is 12.4. The number of rotatable bonds is 8. The summed E-state index contributed by atoms with van der Waals surface area (Å²) in [5.41, 5.74) is 2.44. The van der Waals surface area contributed by atoms with Gasteiger partial charge in [0.2, 0.25) is 5.95 Å². The smallest absolute Gasteiger partial charge is 0.271 e. The summed E-state index contributed by atoms with van der Waals surface area (Å²) in [5.74, 6) is 0.985. The molecule has 0 fully saturated rings. The topological polar surface area (TPSA) is 89.0 Å². The van der Waals surface area contributed by atoms with Gasteiger partial charge >= 0.3 is 0 Å². The Hall–Kier alpha value is -3.78. The molecule has 2 aromatic carbocycles. The highest BCUT2D eigenvalue weighted by molar-refractivity contribution is 7.14. The molecule has 0 aliphatic rings. The molecule has 2 heterocycles. The van der Waals surface area contributed by atoms with Crippen molar-refractivity contribution in [2.75, 3.05) is 5.32 Å². The summed E-state index contributed by atoms with van der Waals surface area (Å²) in [6.45, 7) is 0.922. The average molecular weight is 417 g/mol. The first kappa shape index (κ1) is 19.5. The third-order valence-corrected chi connectivity index (χ3v) is 4.90. The molecule has 0 bridgehead atoms. The molecule has 150 valence electrons. The summed E-state index contributed by atoms with van der Waals surface area (Å²) in [5, 5.41) is 8.11. The van der Waals surface area contributed by atoms with E-state index in [0.717, 1.165) is 16.9 Å². The lowest BCUT2D eigenvalue weighted by molar-refractivity contribution is 0.0946. The first-order valence-corrected chi connectivity index (χ1v) is 10.2. The minimum absolute atomic E-state index is 0.238. The van der Waals surface area contributed by atoms with Crippen LogP contribution in [0.4, 0.5) is 11.1 Å². The van der Waals surface area contributed by atoms with Gasteiger partial charge in [-0.1, -0.05) is 42.5 Å². The normalized spacial score (nSPS) is 10.4. The lowest BCUT2D eigenvalue weighted by Crippen LogP contribution is -2.23. The highest BCUT2D eigenvalue weighted by Crippen LogP contribution is 2.19. The molecule has 0 aliphatic carbocycles. The highest BCUT2D eigenvalue weighted by Gasteiger charge is 2.11. The summed E-state index contributed by atoms with van der Waals surface area (Å²) in [7, 11) is 0. The Balaban J connectivity index is 1.26. The van der Waals surface area contributed by atoms with Crippen molar-refractivity contribution in [3.63, 3.8) is 0 Å². The largest absolute Gasteiger partial charge is 0.489 e. The number of anilines is 2. The molecule has 2 N–H and O–H groups in total. The Morgan fingerprint density at radius 1 is 0.933 bits per heavy atom. The lowest BCUT2D eigenvalue weighted by atomic mass is 10.2. The van der Waals surface area contributed by atoms with E-state index in [1.54, 1.807) is 23.8 Å². The van der Waals surface area contributed by atoms with Crippen molar-refractivity contribution >= 4 is 28.3 Å². The van der Waals surface area contributed by atoms with Crippen molar-refractivity contribution in [2.45, 2.75) is 13.2 Å². The molecule has 1 amide bonds. The van der Waals surface area contributed by atoms with E-state index in [4.69, 9.17) is 4.74 Å². The minimum atomic E-state index is -0.238. The quantitative estimate of drug-likeness (QED) is 0.447. The molecule has 30 heavy (non-hydrogen) atoms. The van der Waals surface area contributed by atoms with Gasteiger partial charge in [0, 0.05) is 24.3 Å². The average Bonchev–Trinajstić information content (AvgIpc) is 3.27. The number of carbonyl (C=O) groups excluding carboxylic acids is 1. The van der Waals surface area contributed by atoms with Crippen molar-refractivity contribution < 1.29 is 9.53 Å². The van der Waals surface area contributed by atoms with Crippen LogP contribution in [0.2, 0.25) is 0 Å². The number of ether oxygens (including phenoxy) is 1. The zero-order valence-electron chi connectivity index (χ0n) is 16.0. The van der Waals surface area contributed by atoms with E-state index in [2.05, 4.69) is 25.6 Å². The zero-order chi connectivity index (χ0) is 20.6. The van der Waals surface area contributed by atoms with Gasteiger partial charge in [-0.25, -0.2) is 15.0 Å². The van der Waals surface area contributed by atoms with Crippen molar-refractivity contribution in [3.8, 4) is 5.75 Å². The van der Waals surface area contributed by atoms with E-state index in [9.17, 15) is 4.79 Å². The standard InChI is InChI=1S/C22H19N5O2S/c28-20(19-15-30-22(26-19)27-21-23-11-4-12-24-21)25-13-16-7-9-18(10-8-16)29-14-17-5-2-1-3-6-17/h1-12,15H,13-14H2,(H,25,28)(H,23,24,26,27). The predicted molar refractivity (Wildman–Crippen MR) is 116 cm³/mol. The maximum Gasteiger partial charge on any atom is 0.271 e. The van der Waals surface area contributed by atoms with Gasteiger partial charge in [0.05, 0.1) is 0 Å². The molecule has 0 spiro atoms. The second-order valence-corrected chi connectivity index (χ2v) is 7.19. The molecular weight excluding hydrogens is 398 g/mol. The second-order valence-electron chi connectivity index (χ2n) is 6.34.